The first kappa shape index (κ1) is 12.4. The zero-order chi connectivity index (χ0) is 12.0. The van der Waals surface area contributed by atoms with Crippen molar-refractivity contribution >= 4 is 23.6 Å². The SMILES string of the molecule is CC(=O)NNC(=O)CSc1ccccc1O. The summed E-state index contributed by atoms with van der Waals surface area (Å²) in [6.07, 6.45) is 0. The molecule has 5 nitrogen and oxygen atoms in total. The molecule has 0 heterocycles. The Bertz CT molecular complexity index is 395. The van der Waals surface area contributed by atoms with Crippen molar-refractivity contribution in [1.29, 1.82) is 0 Å². The molecule has 0 fully saturated rings. The average molecular weight is 240 g/mol. The monoisotopic (exact) mass is 240 g/mol. The van der Waals surface area contributed by atoms with E-state index in [1.165, 1.54) is 18.7 Å². The molecule has 0 radical (unpaired) electrons. The Morgan fingerprint density at radius 3 is 2.62 bits per heavy atom. The number of hydrogen-bond acceptors (Lipinski definition) is 4. The van der Waals surface area contributed by atoms with Gasteiger partial charge in [-0.1, -0.05) is 12.1 Å². The lowest BCUT2D eigenvalue weighted by Gasteiger charge is -2.05. The van der Waals surface area contributed by atoms with Gasteiger partial charge in [-0.2, -0.15) is 0 Å². The number of carbonyl (C=O) groups excluding carboxylic acids is 2. The third-order valence-corrected chi connectivity index (χ3v) is 2.66. The van der Waals surface area contributed by atoms with Crippen LogP contribution in [0.4, 0.5) is 0 Å². The molecule has 86 valence electrons. The van der Waals surface area contributed by atoms with Crippen molar-refractivity contribution < 1.29 is 14.7 Å². The molecule has 6 heteroatoms. The van der Waals surface area contributed by atoms with Gasteiger partial charge in [0.2, 0.25) is 11.8 Å². The molecule has 3 N–H and O–H groups in total. The van der Waals surface area contributed by atoms with Crippen LogP contribution in [0.25, 0.3) is 0 Å². The maximum absolute atomic E-state index is 11.2. The fraction of sp³-hybridized carbons (Fsp3) is 0.200. The van der Waals surface area contributed by atoms with Crippen LogP contribution < -0.4 is 10.9 Å². The van der Waals surface area contributed by atoms with Crippen LogP contribution in [0.2, 0.25) is 0 Å². The Hall–Kier alpha value is -1.69. The Morgan fingerprint density at radius 1 is 1.31 bits per heavy atom. The van der Waals surface area contributed by atoms with E-state index in [0.717, 1.165) is 0 Å². The molecule has 0 saturated heterocycles. The molecule has 0 aromatic heterocycles. The molecule has 0 spiro atoms. The van der Waals surface area contributed by atoms with Crippen LogP contribution in [0.1, 0.15) is 6.92 Å². The third kappa shape index (κ3) is 4.22. The summed E-state index contributed by atoms with van der Waals surface area (Å²) < 4.78 is 0. The fourth-order valence-corrected chi connectivity index (χ4v) is 1.67. The summed E-state index contributed by atoms with van der Waals surface area (Å²) in [6, 6.07) is 6.74. The third-order valence-electron chi connectivity index (χ3n) is 1.60. The van der Waals surface area contributed by atoms with Gasteiger partial charge in [0, 0.05) is 11.8 Å². The molecule has 0 aliphatic heterocycles. The smallest absolute Gasteiger partial charge is 0.248 e. The van der Waals surface area contributed by atoms with Crippen LogP contribution >= 0.6 is 11.8 Å². The summed E-state index contributed by atoms with van der Waals surface area (Å²) in [7, 11) is 0. The number of hydrogen-bond donors (Lipinski definition) is 3. The molecule has 2 amide bonds. The van der Waals surface area contributed by atoms with E-state index in [4.69, 9.17) is 0 Å². The van der Waals surface area contributed by atoms with E-state index >= 15 is 0 Å². The second kappa shape index (κ2) is 6.02. The number of amides is 2. The van der Waals surface area contributed by atoms with Crippen LogP contribution in [0.15, 0.2) is 29.2 Å². The molecule has 0 atom stereocenters. The van der Waals surface area contributed by atoms with Crippen molar-refractivity contribution in [2.24, 2.45) is 0 Å². The van der Waals surface area contributed by atoms with Gasteiger partial charge >= 0.3 is 0 Å². The van der Waals surface area contributed by atoms with E-state index in [1.54, 1.807) is 24.3 Å². The van der Waals surface area contributed by atoms with E-state index in [2.05, 4.69) is 10.9 Å². The Labute approximate surface area is 97.2 Å². The highest BCUT2D eigenvalue weighted by molar-refractivity contribution is 8.00. The Kier molecular flexibility index (Phi) is 4.65. The molecule has 0 aliphatic carbocycles. The van der Waals surface area contributed by atoms with Crippen molar-refractivity contribution in [3.63, 3.8) is 0 Å². The first-order chi connectivity index (χ1) is 7.59. The number of phenols is 1. The molecule has 1 aromatic rings. The quantitative estimate of drug-likeness (QED) is 0.535. The number of phenolic OH excluding ortho intramolecular Hbond substituents is 1. The van der Waals surface area contributed by atoms with Crippen molar-refractivity contribution in [2.75, 3.05) is 5.75 Å². The minimum absolute atomic E-state index is 0.123. The van der Waals surface area contributed by atoms with Crippen molar-refractivity contribution in [3.05, 3.63) is 24.3 Å². The van der Waals surface area contributed by atoms with Gasteiger partial charge < -0.3 is 5.11 Å². The van der Waals surface area contributed by atoms with Crippen LogP contribution in [0.5, 0.6) is 5.75 Å². The average Bonchev–Trinajstić information content (AvgIpc) is 2.25. The summed E-state index contributed by atoms with van der Waals surface area (Å²) >= 11 is 1.19. The van der Waals surface area contributed by atoms with Crippen molar-refractivity contribution in [1.82, 2.24) is 10.9 Å². The second-order valence-corrected chi connectivity index (χ2v) is 4.00. The molecule has 16 heavy (non-hydrogen) atoms. The number of para-hydroxylation sites is 1. The molecular formula is C10H12N2O3S. The standard InChI is InChI=1S/C10H12N2O3S/c1-7(13)11-12-10(15)6-16-9-5-3-2-4-8(9)14/h2-5,14H,6H2,1H3,(H,11,13)(H,12,15). The summed E-state index contributed by atoms with van der Waals surface area (Å²) in [6.45, 7) is 1.30. The van der Waals surface area contributed by atoms with Crippen LogP contribution in [0.3, 0.4) is 0 Å². The van der Waals surface area contributed by atoms with Gasteiger partial charge in [0.15, 0.2) is 0 Å². The highest BCUT2D eigenvalue weighted by atomic mass is 32.2. The predicted molar refractivity (Wildman–Crippen MR) is 60.8 cm³/mol. The van der Waals surface area contributed by atoms with E-state index in [1.807, 2.05) is 0 Å². The van der Waals surface area contributed by atoms with E-state index in [-0.39, 0.29) is 23.3 Å². The highest BCUT2D eigenvalue weighted by Gasteiger charge is 2.05. The summed E-state index contributed by atoms with van der Waals surface area (Å²) in [5.74, 6) is -0.401. The van der Waals surface area contributed by atoms with Crippen LogP contribution in [-0.4, -0.2) is 22.7 Å². The number of thioether (sulfide) groups is 1. The largest absolute Gasteiger partial charge is 0.507 e. The molecule has 1 aromatic carbocycles. The first-order valence-corrected chi connectivity index (χ1v) is 5.54. The van der Waals surface area contributed by atoms with Crippen LogP contribution in [-0.2, 0) is 9.59 Å². The number of rotatable bonds is 3. The second-order valence-electron chi connectivity index (χ2n) is 2.99. The summed E-state index contributed by atoms with van der Waals surface area (Å²) in [4.78, 5) is 22.3. The zero-order valence-electron chi connectivity index (χ0n) is 8.69. The topological polar surface area (TPSA) is 78.4 Å². The van der Waals surface area contributed by atoms with Crippen molar-refractivity contribution in [3.8, 4) is 5.75 Å². The number of carbonyl (C=O) groups is 2. The zero-order valence-corrected chi connectivity index (χ0v) is 9.50. The van der Waals surface area contributed by atoms with Gasteiger partial charge in [0.1, 0.15) is 5.75 Å². The number of hydrazine groups is 1. The van der Waals surface area contributed by atoms with Gasteiger partial charge in [-0.15, -0.1) is 11.8 Å². The van der Waals surface area contributed by atoms with E-state index in [9.17, 15) is 14.7 Å². The van der Waals surface area contributed by atoms with Gasteiger partial charge in [0.25, 0.3) is 0 Å². The predicted octanol–water partition coefficient (Wildman–Crippen LogP) is 0.652. The number of nitrogens with one attached hydrogen (secondary N) is 2. The van der Waals surface area contributed by atoms with Gasteiger partial charge in [0.05, 0.1) is 5.75 Å². The molecule has 0 unspecified atom stereocenters. The van der Waals surface area contributed by atoms with Gasteiger partial charge in [-0.3, -0.25) is 20.4 Å². The van der Waals surface area contributed by atoms with Gasteiger partial charge in [-0.05, 0) is 12.1 Å². The molecule has 0 bridgehead atoms. The summed E-state index contributed by atoms with van der Waals surface area (Å²) in [5.41, 5.74) is 4.41. The molecule has 1 rings (SSSR count). The number of aromatic hydroxyl groups is 1. The fourth-order valence-electron chi connectivity index (χ4n) is 0.916. The highest BCUT2D eigenvalue weighted by Crippen LogP contribution is 2.27. The van der Waals surface area contributed by atoms with Crippen molar-refractivity contribution in [2.45, 2.75) is 11.8 Å². The molecular weight excluding hydrogens is 228 g/mol. The maximum atomic E-state index is 11.2. The lowest BCUT2D eigenvalue weighted by atomic mass is 10.3. The van der Waals surface area contributed by atoms with Gasteiger partial charge in [-0.25, -0.2) is 0 Å². The summed E-state index contributed by atoms with van der Waals surface area (Å²) in [5, 5.41) is 9.42. The minimum Gasteiger partial charge on any atom is -0.507 e. The normalized spacial score (nSPS) is 9.56. The lowest BCUT2D eigenvalue weighted by Crippen LogP contribution is -2.41. The minimum atomic E-state index is -0.332. The first-order valence-electron chi connectivity index (χ1n) is 4.56. The van der Waals surface area contributed by atoms with Crippen LogP contribution in [0, 0.1) is 0 Å². The van der Waals surface area contributed by atoms with E-state index in [0.29, 0.717) is 4.90 Å². The Balaban J connectivity index is 2.37. The Morgan fingerprint density at radius 2 is 2.00 bits per heavy atom. The molecule has 0 saturated carbocycles. The lowest BCUT2D eigenvalue weighted by molar-refractivity contribution is -0.126. The molecule has 0 aliphatic rings. The van der Waals surface area contributed by atoms with E-state index < -0.39 is 0 Å². The number of benzene rings is 1. The maximum Gasteiger partial charge on any atom is 0.248 e.